The van der Waals surface area contributed by atoms with Gasteiger partial charge in [-0.3, -0.25) is 4.98 Å². The molecular formula is C14H24N2. The Morgan fingerprint density at radius 3 is 1.88 bits per heavy atom. The van der Waals surface area contributed by atoms with Crippen LogP contribution in [0.15, 0.2) is 12.3 Å². The highest BCUT2D eigenvalue weighted by molar-refractivity contribution is 5.37. The van der Waals surface area contributed by atoms with Gasteiger partial charge in [-0.1, -0.05) is 41.5 Å². The minimum absolute atomic E-state index is 0.128. The maximum atomic E-state index is 5.66. The molecule has 0 fully saturated rings. The maximum Gasteiger partial charge on any atom is 0.0542 e. The molecule has 0 unspecified atom stereocenters. The van der Waals surface area contributed by atoms with Gasteiger partial charge < -0.3 is 5.73 Å². The molecule has 0 aliphatic rings. The lowest BCUT2D eigenvalue weighted by Gasteiger charge is -2.30. The molecule has 1 heterocycles. The number of rotatable bonds is 1. The lowest BCUT2D eigenvalue weighted by molar-refractivity contribution is 0.526. The minimum Gasteiger partial charge on any atom is -0.325 e. The Bertz CT molecular complexity index is 367. The van der Waals surface area contributed by atoms with Crippen molar-refractivity contribution in [2.45, 2.75) is 58.9 Å². The molecule has 0 spiro atoms. The van der Waals surface area contributed by atoms with Crippen molar-refractivity contribution < 1.29 is 0 Å². The van der Waals surface area contributed by atoms with Gasteiger partial charge in [0.25, 0.3) is 0 Å². The molecule has 16 heavy (non-hydrogen) atoms. The Kier molecular flexibility index (Phi) is 3.44. The fraction of sp³-hybridized carbons (Fsp3) is 0.643. The standard InChI is InChI=1S/C14H24N2/c1-13(2,3)11-7-10(8-15)16-9-12(11)14(4,5)6/h7,9H,8,15H2,1-6H3. The average molecular weight is 220 g/mol. The summed E-state index contributed by atoms with van der Waals surface area (Å²) in [6, 6.07) is 2.15. The largest absolute Gasteiger partial charge is 0.325 e. The molecule has 2 heteroatoms. The molecule has 0 aliphatic heterocycles. The van der Waals surface area contributed by atoms with Crippen molar-refractivity contribution in [2.24, 2.45) is 5.73 Å². The Hall–Kier alpha value is -0.890. The van der Waals surface area contributed by atoms with Gasteiger partial charge in [-0.15, -0.1) is 0 Å². The summed E-state index contributed by atoms with van der Waals surface area (Å²) in [5.74, 6) is 0. The van der Waals surface area contributed by atoms with E-state index in [9.17, 15) is 0 Å². The Labute approximate surface area is 99.3 Å². The van der Waals surface area contributed by atoms with Crippen LogP contribution in [0, 0.1) is 0 Å². The molecule has 0 saturated heterocycles. The van der Waals surface area contributed by atoms with E-state index in [1.165, 1.54) is 11.1 Å². The summed E-state index contributed by atoms with van der Waals surface area (Å²) >= 11 is 0. The molecule has 1 rings (SSSR count). The zero-order valence-electron chi connectivity index (χ0n) is 11.4. The van der Waals surface area contributed by atoms with Crippen molar-refractivity contribution in [2.75, 3.05) is 0 Å². The van der Waals surface area contributed by atoms with Gasteiger partial charge in [0.05, 0.1) is 5.69 Å². The normalized spacial score (nSPS) is 12.9. The van der Waals surface area contributed by atoms with Crippen LogP contribution in [0.2, 0.25) is 0 Å². The summed E-state index contributed by atoms with van der Waals surface area (Å²) in [6.07, 6.45) is 1.99. The van der Waals surface area contributed by atoms with Crippen LogP contribution in [0.1, 0.15) is 58.4 Å². The van der Waals surface area contributed by atoms with E-state index >= 15 is 0 Å². The van der Waals surface area contributed by atoms with Gasteiger partial charge in [-0.25, -0.2) is 0 Å². The molecule has 0 aliphatic carbocycles. The smallest absolute Gasteiger partial charge is 0.0542 e. The van der Waals surface area contributed by atoms with Crippen molar-refractivity contribution in [1.29, 1.82) is 0 Å². The van der Waals surface area contributed by atoms with Crippen molar-refractivity contribution >= 4 is 0 Å². The first kappa shape index (κ1) is 13.2. The summed E-state index contributed by atoms with van der Waals surface area (Å²) in [4.78, 5) is 4.41. The lowest BCUT2D eigenvalue weighted by Crippen LogP contribution is -2.23. The zero-order chi connectivity index (χ0) is 12.6. The van der Waals surface area contributed by atoms with Crippen LogP contribution >= 0.6 is 0 Å². The highest BCUT2D eigenvalue weighted by Gasteiger charge is 2.25. The summed E-state index contributed by atoms with van der Waals surface area (Å²) in [6.45, 7) is 13.9. The first-order valence-corrected chi connectivity index (χ1v) is 5.86. The first-order valence-electron chi connectivity index (χ1n) is 5.86. The topological polar surface area (TPSA) is 38.9 Å². The van der Waals surface area contributed by atoms with E-state index in [-0.39, 0.29) is 10.8 Å². The van der Waals surface area contributed by atoms with E-state index in [1.807, 2.05) is 6.20 Å². The molecule has 0 atom stereocenters. The van der Waals surface area contributed by atoms with E-state index in [0.29, 0.717) is 6.54 Å². The van der Waals surface area contributed by atoms with Crippen LogP contribution in [-0.2, 0) is 17.4 Å². The van der Waals surface area contributed by atoms with Gasteiger partial charge in [-0.05, 0) is 28.0 Å². The third-order valence-electron chi connectivity index (χ3n) is 2.79. The predicted octanol–water partition coefficient (Wildman–Crippen LogP) is 3.14. The quantitative estimate of drug-likeness (QED) is 0.789. The number of hydrogen-bond donors (Lipinski definition) is 1. The van der Waals surface area contributed by atoms with Crippen molar-refractivity contribution in [3.8, 4) is 0 Å². The number of hydrogen-bond acceptors (Lipinski definition) is 2. The zero-order valence-corrected chi connectivity index (χ0v) is 11.4. The van der Waals surface area contributed by atoms with E-state index < -0.39 is 0 Å². The highest BCUT2D eigenvalue weighted by atomic mass is 14.7. The van der Waals surface area contributed by atoms with Gasteiger partial charge in [-0.2, -0.15) is 0 Å². The van der Waals surface area contributed by atoms with Crippen LogP contribution in [0.4, 0.5) is 0 Å². The van der Waals surface area contributed by atoms with Crippen LogP contribution in [0.5, 0.6) is 0 Å². The number of pyridine rings is 1. The van der Waals surface area contributed by atoms with E-state index in [0.717, 1.165) is 5.69 Å². The first-order chi connectivity index (χ1) is 7.16. The van der Waals surface area contributed by atoms with Crippen LogP contribution in [0.3, 0.4) is 0 Å². The maximum absolute atomic E-state index is 5.66. The number of nitrogens with two attached hydrogens (primary N) is 1. The van der Waals surface area contributed by atoms with E-state index in [1.54, 1.807) is 0 Å². The Balaban J connectivity index is 3.40. The highest BCUT2D eigenvalue weighted by Crippen LogP contribution is 2.33. The molecule has 90 valence electrons. The van der Waals surface area contributed by atoms with Crippen LogP contribution in [-0.4, -0.2) is 4.98 Å². The molecule has 2 nitrogen and oxygen atoms in total. The Morgan fingerprint density at radius 2 is 1.50 bits per heavy atom. The molecule has 0 bridgehead atoms. The second kappa shape index (κ2) is 4.17. The average Bonchev–Trinajstić information content (AvgIpc) is 2.14. The number of nitrogens with zero attached hydrogens (tertiary/aromatic N) is 1. The predicted molar refractivity (Wildman–Crippen MR) is 69.5 cm³/mol. The van der Waals surface area contributed by atoms with Crippen molar-refractivity contribution in [3.05, 3.63) is 29.1 Å². The Morgan fingerprint density at radius 1 is 1.00 bits per heavy atom. The van der Waals surface area contributed by atoms with Gasteiger partial charge in [0.1, 0.15) is 0 Å². The molecule has 0 aromatic carbocycles. The monoisotopic (exact) mass is 220 g/mol. The summed E-state index contributed by atoms with van der Waals surface area (Å²) in [5, 5.41) is 0. The molecule has 0 amide bonds. The van der Waals surface area contributed by atoms with Crippen LogP contribution in [0.25, 0.3) is 0 Å². The fourth-order valence-electron chi connectivity index (χ4n) is 1.83. The van der Waals surface area contributed by atoms with E-state index in [4.69, 9.17) is 5.73 Å². The molecule has 1 aromatic rings. The SMILES string of the molecule is CC(C)(C)c1cnc(CN)cc1C(C)(C)C. The van der Waals surface area contributed by atoms with Crippen molar-refractivity contribution in [1.82, 2.24) is 4.98 Å². The second-order valence-corrected chi connectivity index (χ2v) is 6.43. The molecule has 0 radical (unpaired) electrons. The fourth-order valence-corrected chi connectivity index (χ4v) is 1.83. The lowest BCUT2D eigenvalue weighted by atomic mass is 9.76. The summed E-state index contributed by atoms with van der Waals surface area (Å²) < 4.78 is 0. The van der Waals surface area contributed by atoms with Crippen molar-refractivity contribution in [3.63, 3.8) is 0 Å². The molecule has 0 saturated carbocycles. The van der Waals surface area contributed by atoms with Gasteiger partial charge in [0.15, 0.2) is 0 Å². The van der Waals surface area contributed by atoms with Gasteiger partial charge in [0, 0.05) is 12.7 Å². The molecule has 1 aromatic heterocycles. The van der Waals surface area contributed by atoms with Crippen LogP contribution < -0.4 is 5.73 Å². The third-order valence-corrected chi connectivity index (χ3v) is 2.79. The van der Waals surface area contributed by atoms with E-state index in [2.05, 4.69) is 52.6 Å². The second-order valence-electron chi connectivity index (χ2n) is 6.43. The van der Waals surface area contributed by atoms with Gasteiger partial charge >= 0.3 is 0 Å². The molecule has 2 N–H and O–H groups in total. The summed E-state index contributed by atoms with van der Waals surface area (Å²) in [7, 11) is 0. The summed E-state index contributed by atoms with van der Waals surface area (Å²) in [5.41, 5.74) is 9.56. The minimum atomic E-state index is 0.128. The third kappa shape index (κ3) is 2.82. The number of aromatic nitrogens is 1. The van der Waals surface area contributed by atoms with Gasteiger partial charge in [0.2, 0.25) is 0 Å². The molecular weight excluding hydrogens is 196 g/mol.